The third kappa shape index (κ3) is 4.68. The maximum Gasteiger partial charge on any atom is 0.234 e. The van der Waals surface area contributed by atoms with Gasteiger partial charge in [-0.2, -0.15) is 0 Å². The number of nitrogens with one attached hydrogen (secondary N) is 1. The van der Waals surface area contributed by atoms with E-state index in [2.05, 4.69) is 5.32 Å². The summed E-state index contributed by atoms with van der Waals surface area (Å²) >= 11 is 6.92. The molecule has 7 heteroatoms. The first kappa shape index (κ1) is 16.7. The highest BCUT2D eigenvalue weighted by Gasteiger charge is 2.08. The lowest BCUT2D eigenvalue weighted by Gasteiger charge is -2.07. The Morgan fingerprint density at radius 1 is 1.05 bits per heavy atom. The molecule has 0 saturated heterocycles. The summed E-state index contributed by atoms with van der Waals surface area (Å²) in [4.78, 5) is 11.7. The molecule has 1 N–H and O–H groups in total. The second-order valence-corrected chi connectivity index (χ2v) is 5.84. The number of carbonyl (C=O) groups is 1. The maximum absolute atomic E-state index is 13.4. The van der Waals surface area contributed by atoms with Gasteiger partial charge in [-0.15, -0.1) is 11.8 Å². The van der Waals surface area contributed by atoms with Gasteiger partial charge in [0.25, 0.3) is 0 Å². The standard InChI is InChI=1S/C15H11ClF3NOS/c16-10-2-4-12(18)14(6-10)20-15(21)8-22-7-9-1-3-11(17)13(19)5-9/h1-6H,7-8H2,(H,20,21). The highest BCUT2D eigenvalue weighted by molar-refractivity contribution is 7.99. The summed E-state index contributed by atoms with van der Waals surface area (Å²) in [5.41, 5.74) is 0.566. The van der Waals surface area contributed by atoms with Crippen molar-refractivity contribution in [2.45, 2.75) is 5.75 Å². The van der Waals surface area contributed by atoms with E-state index in [4.69, 9.17) is 11.6 Å². The molecule has 2 rings (SSSR count). The van der Waals surface area contributed by atoms with Gasteiger partial charge in [0.05, 0.1) is 11.4 Å². The van der Waals surface area contributed by atoms with Crippen molar-refractivity contribution in [1.82, 2.24) is 0 Å². The van der Waals surface area contributed by atoms with Crippen molar-refractivity contribution < 1.29 is 18.0 Å². The van der Waals surface area contributed by atoms with E-state index >= 15 is 0 Å². The fraction of sp³-hybridized carbons (Fsp3) is 0.133. The lowest BCUT2D eigenvalue weighted by Crippen LogP contribution is -2.15. The number of thioether (sulfide) groups is 1. The Morgan fingerprint density at radius 2 is 1.77 bits per heavy atom. The zero-order chi connectivity index (χ0) is 16.1. The largest absolute Gasteiger partial charge is 0.323 e. The Hall–Kier alpha value is -1.66. The average Bonchev–Trinajstić information content (AvgIpc) is 2.47. The van der Waals surface area contributed by atoms with Crippen LogP contribution in [0.5, 0.6) is 0 Å². The van der Waals surface area contributed by atoms with Crippen molar-refractivity contribution in [2.75, 3.05) is 11.1 Å². The molecule has 0 fully saturated rings. The highest BCUT2D eigenvalue weighted by atomic mass is 35.5. The number of halogens is 4. The van der Waals surface area contributed by atoms with Crippen LogP contribution in [0.25, 0.3) is 0 Å². The van der Waals surface area contributed by atoms with Gasteiger partial charge in [0, 0.05) is 10.8 Å². The van der Waals surface area contributed by atoms with E-state index in [-0.39, 0.29) is 11.4 Å². The normalized spacial score (nSPS) is 10.5. The molecule has 0 spiro atoms. The summed E-state index contributed by atoms with van der Waals surface area (Å²) in [6.07, 6.45) is 0. The van der Waals surface area contributed by atoms with Crippen LogP contribution >= 0.6 is 23.4 Å². The van der Waals surface area contributed by atoms with Gasteiger partial charge in [-0.1, -0.05) is 17.7 Å². The Balaban J connectivity index is 1.85. The monoisotopic (exact) mass is 345 g/mol. The summed E-state index contributed by atoms with van der Waals surface area (Å²) in [6, 6.07) is 7.41. The quantitative estimate of drug-likeness (QED) is 0.856. The van der Waals surface area contributed by atoms with Gasteiger partial charge >= 0.3 is 0 Å². The Morgan fingerprint density at radius 3 is 2.50 bits per heavy atom. The third-order valence-corrected chi connectivity index (χ3v) is 3.93. The van der Waals surface area contributed by atoms with E-state index in [1.165, 1.54) is 30.0 Å². The molecule has 1 amide bonds. The van der Waals surface area contributed by atoms with E-state index in [9.17, 15) is 18.0 Å². The van der Waals surface area contributed by atoms with Crippen LogP contribution in [-0.4, -0.2) is 11.7 Å². The van der Waals surface area contributed by atoms with E-state index in [0.717, 1.165) is 18.2 Å². The first-order valence-electron chi connectivity index (χ1n) is 6.22. The van der Waals surface area contributed by atoms with Crippen LogP contribution in [0.15, 0.2) is 36.4 Å². The number of benzene rings is 2. The van der Waals surface area contributed by atoms with Crippen molar-refractivity contribution in [1.29, 1.82) is 0 Å². The van der Waals surface area contributed by atoms with Crippen molar-refractivity contribution >= 4 is 35.0 Å². The van der Waals surface area contributed by atoms with Gasteiger partial charge in [-0.25, -0.2) is 13.2 Å². The van der Waals surface area contributed by atoms with Crippen LogP contribution in [0.2, 0.25) is 5.02 Å². The zero-order valence-electron chi connectivity index (χ0n) is 11.2. The van der Waals surface area contributed by atoms with Crippen LogP contribution in [0.1, 0.15) is 5.56 Å². The maximum atomic E-state index is 13.4. The van der Waals surface area contributed by atoms with Gasteiger partial charge in [0.2, 0.25) is 5.91 Å². The first-order valence-corrected chi connectivity index (χ1v) is 7.75. The minimum Gasteiger partial charge on any atom is -0.323 e. The third-order valence-electron chi connectivity index (χ3n) is 2.69. The zero-order valence-corrected chi connectivity index (χ0v) is 12.8. The number of carbonyl (C=O) groups excluding carboxylic acids is 1. The molecule has 0 radical (unpaired) electrons. The van der Waals surface area contributed by atoms with Gasteiger partial charge in [0.15, 0.2) is 11.6 Å². The Labute approximate surface area is 134 Å². The topological polar surface area (TPSA) is 29.1 Å². The fourth-order valence-electron chi connectivity index (χ4n) is 1.67. The molecule has 0 aromatic heterocycles. The second kappa shape index (κ2) is 7.56. The van der Waals surface area contributed by atoms with Gasteiger partial charge in [-0.3, -0.25) is 4.79 Å². The minimum atomic E-state index is -0.927. The summed E-state index contributed by atoms with van der Waals surface area (Å²) in [5, 5.41) is 2.72. The van der Waals surface area contributed by atoms with Crippen molar-refractivity contribution in [2.24, 2.45) is 0 Å². The molecule has 0 unspecified atom stereocenters. The van der Waals surface area contributed by atoms with Crippen LogP contribution in [0.4, 0.5) is 18.9 Å². The molecule has 0 aliphatic carbocycles. The van der Waals surface area contributed by atoms with Crippen molar-refractivity contribution in [3.05, 3.63) is 64.4 Å². The Kier molecular flexibility index (Phi) is 5.74. The fourth-order valence-corrected chi connectivity index (χ4v) is 2.62. The molecule has 0 saturated carbocycles. The second-order valence-electron chi connectivity index (χ2n) is 4.41. The molecule has 116 valence electrons. The molecule has 0 bridgehead atoms. The van der Waals surface area contributed by atoms with E-state index in [1.807, 2.05) is 0 Å². The van der Waals surface area contributed by atoms with Gasteiger partial charge in [0.1, 0.15) is 5.82 Å². The predicted octanol–water partition coefficient (Wildman–Crippen LogP) is 4.63. The van der Waals surface area contributed by atoms with E-state index < -0.39 is 23.4 Å². The number of anilines is 1. The van der Waals surface area contributed by atoms with Crippen molar-refractivity contribution in [3.8, 4) is 0 Å². The van der Waals surface area contributed by atoms with Gasteiger partial charge < -0.3 is 5.32 Å². The first-order chi connectivity index (χ1) is 10.5. The smallest absolute Gasteiger partial charge is 0.234 e. The van der Waals surface area contributed by atoms with Crippen LogP contribution in [0.3, 0.4) is 0 Å². The molecule has 0 heterocycles. The van der Waals surface area contributed by atoms with E-state index in [1.54, 1.807) is 0 Å². The molecule has 0 aliphatic rings. The minimum absolute atomic E-state index is 0.00549. The molecule has 2 aromatic rings. The van der Waals surface area contributed by atoms with Crippen LogP contribution in [0, 0.1) is 17.5 Å². The number of rotatable bonds is 5. The lowest BCUT2D eigenvalue weighted by atomic mass is 10.2. The summed E-state index contributed by atoms with van der Waals surface area (Å²) in [5.74, 6) is -2.45. The summed E-state index contributed by atoms with van der Waals surface area (Å²) in [6.45, 7) is 0. The number of hydrogen-bond acceptors (Lipinski definition) is 2. The molecule has 2 aromatic carbocycles. The molecule has 2 nitrogen and oxygen atoms in total. The van der Waals surface area contributed by atoms with Crippen LogP contribution < -0.4 is 5.32 Å². The van der Waals surface area contributed by atoms with Gasteiger partial charge in [-0.05, 0) is 35.9 Å². The molecular weight excluding hydrogens is 335 g/mol. The molecule has 22 heavy (non-hydrogen) atoms. The van der Waals surface area contributed by atoms with Crippen LogP contribution in [-0.2, 0) is 10.5 Å². The molecular formula is C15H11ClF3NOS. The Bertz CT molecular complexity index is 696. The molecule has 0 atom stereocenters. The number of hydrogen-bond donors (Lipinski definition) is 1. The summed E-state index contributed by atoms with van der Waals surface area (Å²) < 4.78 is 39.2. The molecule has 0 aliphatic heterocycles. The van der Waals surface area contributed by atoms with Crippen molar-refractivity contribution in [3.63, 3.8) is 0 Å². The van der Waals surface area contributed by atoms with E-state index in [0.29, 0.717) is 16.3 Å². The SMILES string of the molecule is O=C(CSCc1ccc(F)c(F)c1)Nc1cc(Cl)ccc1F. The lowest BCUT2D eigenvalue weighted by molar-refractivity contribution is -0.113. The average molecular weight is 346 g/mol. The predicted molar refractivity (Wildman–Crippen MR) is 82.6 cm³/mol. The summed E-state index contributed by atoms with van der Waals surface area (Å²) in [7, 11) is 0. The highest BCUT2D eigenvalue weighted by Crippen LogP contribution is 2.20. The number of amides is 1.